The second-order valence-corrected chi connectivity index (χ2v) is 5.91. The van der Waals surface area contributed by atoms with Gasteiger partial charge in [0, 0.05) is 11.1 Å². The Labute approximate surface area is 145 Å². The Morgan fingerprint density at radius 3 is 1.44 bits per heavy atom. The van der Waals surface area contributed by atoms with Crippen LogP contribution in [0.25, 0.3) is 0 Å². The van der Waals surface area contributed by atoms with Crippen molar-refractivity contribution in [2.75, 3.05) is 13.1 Å². The van der Waals surface area contributed by atoms with Crippen LogP contribution in [0.4, 0.5) is 9.59 Å². The van der Waals surface area contributed by atoms with Crippen LogP contribution in [0.2, 0.25) is 0 Å². The van der Waals surface area contributed by atoms with Crippen LogP contribution in [0.3, 0.4) is 0 Å². The molecule has 0 unspecified atom stereocenters. The van der Waals surface area contributed by atoms with Crippen molar-refractivity contribution < 1.29 is 34.1 Å². The van der Waals surface area contributed by atoms with Gasteiger partial charge < -0.3 is 14.9 Å². The SMILES string of the molecule is C=C(C)C(=O)N(C[C@@H]1CC[C@@H](CN(C(=O)O)C(=O)C(=C)C)O1)C(=O)O. The number of imide groups is 2. The summed E-state index contributed by atoms with van der Waals surface area (Å²) in [6.45, 7) is 9.31. The van der Waals surface area contributed by atoms with Crippen LogP contribution in [-0.2, 0) is 14.3 Å². The Morgan fingerprint density at radius 2 is 1.20 bits per heavy atom. The molecule has 2 atom stereocenters. The molecule has 0 aromatic carbocycles. The van der Waals surface area contributed by atoms with E-state index in [1.165, 1.54) is 13.8 Å². The Hall–Kier alpha value is -2.68. The highest BCUT2D eigenvalue weighted by molar-refractivity contribution is 6.01. The Kier molecular flexibility index (Phi) is 6.86. The second kappa shape index (κ2) is 8.43. The molecule has 0 bridgehead atoms. The minimum absolute atomic E-state index is 0.0843. The fraction of sp³-hybridized carbons (Fsp3) is 0.500. The number of ether oxygens (including phenoxy) is 1. The van der Waals surface area contributed by atoms with Gasteiger partial charge in [0.2, 0.25) is 0 Å². The van der Waals surface area contributed by atoms with E-state index < -0.39 is 36.2 Å². The first-order valence-corrected chi connectivity index (χ1v) is 7.60. The topological polar surface area (TPSA) is 124 Å². The third-order valence-corrected chi connectivity index (χ3v) is 3.65. The van der Waals surface area contributed by atoms with E-state index in [0.29, 0.717) is 22.6 Å². The van der Waals surface area contributed by atoms with E-state index >= 15 is 0 Å². The molecule has 25 heavy (non-hydrogen) atoms. The monoisotopic (exact) mass is 354 g/mol. The molecule has 4 amide bonds. The molecule has 0 saturated carbocycles. The summed E-state index contributed by atoms with van der Waals surface area (Å²) < 4.78 is 5.61. The van der Waals surface area contributed by atoms with Gasteiger partial charge in [-0.2, -0.15) is 0 Å². The van der Waals surface area contributed by atoms with Crippen molar-refractivity contribution in [2.45, 2.75) is 38.9 Å². The van der Waals surface area contributed by atoms with Gasteiger partial charge in [0.1, 0.15) is 0 Å². The molecule has 9 nitrogen and oxygen atoms in total. The van der Waals surface area contributed by atoms with Gasteiger partial charge in [-0.25, -0.2) is 19.4 Å². The molecular weight excluding hydrogens is 332 g/mol. The minimum atomic E-state index is -1.41. The molecule has 138 valence electrons. The van der Waals surface area contributed by atoms with E-state index in [4.69, 9.17) is 14.9 Å². The van der Waals surface area contributed by atoms with Crippen LogP contribution in [0, 0.1) is 0 Å². The van der Waals surface area contributed by atoms with Gasteiger partial charge in [0.25, 0.3) is 11.8 Å². The summed E-state index contributed by atoms with van der Waals surface area (Å²) in [5, 5.41) is 18.3. The zero-order valence-electron chi connectivity index (χ0n) is 14.2. The summed E-state index contributed by atoms with van der Waals surface area (Å²) >= 11 is 0. The molecule has 1 aliphatic rings. The van der Waals surface area contributed by atoms with E-state index in [1.807, 2.05) is 0 Å². The molecule has 1 saturated heterocycles. The molecule has 0 radical (unpaired) electrons. The number of nitrogens with zero attached hydrogens (tertiary/aromatic N) is 2. The largest absolute Gasteiger partial charge is 0.465 e. The molecule has 1 fully saturated rings. The fourth-order valence-electron chi connectivity index (χ4n) is 2.41. The number of carbonyl (C=O) groups is 4. The van der Waals surface area contributed by atoms with Crippen LogP contribution in [0.15, 0.2) is 24.3 Å². The molecule has 1 rings (SSSR count). The van der Waals surface area contributed by atoms with Crippen LogP contribution in [-0.4, -0.2) is 69.3 Å². The lowest BCUT2D eigenvalue weighted by Gasteiger charge is -2.23. The summed E-state index contributed by atoms with van der Waals surface area (Å²) in [6.07, 6.45) is -3.09. The summed E-state index contributed by atoms with van der Waals surface area (Å²) in [6, 6.07) is 0. The highest BCUT2D eigenvalue weighted by Crippen LogP contribution is 2.22. The third kappa shape index (κ3) is 5.42. The van der Waals surface area contributed by atoms with Crippen LogP contribution >= 0.6 is 0 Å². The molecular formula is C16H22N2O7. The summed E-state index contributed by atoms with van der Waals surface area (Å²) in [4.78, 5) is 47.3. The number of rotatable bonds is 6. The van der Waals surface area contributed by atoms with Gasteiger partial charge >= 0.3 is 12.2 Å². The lowest BCUT2D eigenvalue weighted by Crippen LogP contribution is -2.43. The summed E-state index contributed by atoms with van der Waals surface area (Å²) in [5.41, 5.74) is 0.169. The van der Waals surface area contributed by atoms with Gasteiger partial charge in [-0.05, 0) is 26.7 Å². The zero-order chi connectivity index (χ0) is 19.3. The van der Waals surface area contributed by atoms with Crippen molar-refractivity contribution in [3.63, 3.8) is 0 Å². The van der Waals surface area contributed by atoms with Crippen molar-refractivity contribution in [2.24, 2.45) is 0 Å². The van der Waals surface area contributed by atoms with Gasteiger partial charge in [-0.15, -0.1) is 0 Å². The Morgan fingerprint density at radius 1 is 0.880 bits per heavy atom. The number of amides is 4. The maximum atomic E-state index is 11.8. The lowest BCUT2D eigenvalue weighted by atomic mass is 10.1. The highest BCUT2D eigenvalue weighted by Gasteiger charge is 2.34. The molecule has 1 heterocycles. The summed E-state index contributed by atoms with van der Waals surface area (Å²) in [5.74, 6) is -1.44. The number of carbonyl (C=O) groups excluding carboxylic acids is 2. The first-order chi connectivity index (χ1) is 11.5. The highest BCUT2D eigenvalue weighted by atomic mass is 16.5. The van der Waals surface area contributed by atoms with E-state index in [1.54, 1.807) is 0 Å². The van der Waals surface area contributed by atoms with E-state index in [2.05, 4.69) is 13.2 Å². The number of hydrogen-bond donors (Lipinski definition) is 2. The Bertz CT molecular complexity index is 562. The van der Waals surface area contributed by atoms with Gasteiger partial charge in [0.15, 0.2) is 0 Å². The molecule has 2 N–H and O–H groups in total. The first-order valence-electron chi connectivity index (χ1n) is 7.60. The molecule has 1 aliphatic heterocycles. The van der Waals surface area contributed by atoms with Crippen LogP contribution < -0.4 is 0 Å². The van der Waals surface area contributed by atoms with E-state index in [-0.39, 0.29) is 24.2 Å². The average molecular weight is 354 g/mol. The average Bonchev–Trinajstić information content (AvgIpc) is 2.95. The van der Waals surface area contributed by atoms with Crippen molar-refractivity contribution in [3.8, 4) is 0 Å². The smallest absolute Gasteiger partial charge is 0.414 e. The van der Waals surface area contributed by atoms with Crippen molar-refractivity contribution >= 4 is 24.0 Å². The predicted molar refractivity (Wildman–Crippen MR) is 87.0 cm³/mol. The molecule has 0 aromatic rings. The van der Waals surface area contributed by atoms with Crippen molar-refractivity contribution in [1.29, 1.82) is 0 Å². The standard InChI is InChI=1S/C16H22N2O7/c1-9(2)13(19)17(15(21)22)7-11-5-6-12(25-11)8-18(16(23)24)14(20)10(3)4/h11-12H,1,3,5-8H2,2,4H3,(H,21,22)(H,23,24)/t11-,12-/m0/s1. The Balaban J connectivity index is 2.71. The van der Waals surface area contributed by atoms with Crippen LogP contribution in [0.1, 0.15) is 26.7 Å². The zero-order valence-corrected chi connectivity index (χ0v) is 14.2. The fourth-order valence-corrected chi connectivity index (χ4v) is 2.41. The van der Waals surface area contributed by atoms with E-state index in [9.17, 15) is 19.2 Å². The molecule has 0 spiro atoms. The van der Waals surface area contributed by atoms with Crippen molar-refractivity contribution in [1.82, 2.24) is 9.80 Å². The van der Waals surface area contributed by atoms with Crippen LogP contribution in [0.5, 0.6) is 0 Å². The summed E-state index contributed by atoms with van der Waals surface area (Å²) in [7, 11) is 0. The third-order valence-electron chi connectivity index (χ3n) is 3.65. The lowest BCUT2D eigenvalue weighted by molar-refractivity contribution is -0.127. The number of hydrogen-bond acceptors (Lipinski definition) is 5. The molecule has 0 aromatic heterocycles. The van der Waals surface area contributed by atoms with Gasteiger partial charge in [-0.1, -0.05) is 13.2 Å². The van der Waals surface area contributed by atoms with Crippen molar-refractivity contribution in [3.05, 3.63) is 24.3 Å². The normalized spacial score (nSPS) is 19.1. The number of carboxylic acid groups (broad SMARTS) is 2. The maximum absolute atomic E-state index is 11.8. The van der Waals surface area contributed by atoms with Gasteiger partial charge in [0.05, 0.1) is 25.3 Å². The second-order valence-electron chi connectivity index (χ2n) is 5.91. The van der Waals surface area contributed by atoms with E-state index in [0.717, 1.165) is 0 Å². The molecule has 9 heteroatoms. The molecule has 0 aliphatic carbocycles. The first kappa shape index (κ1) is 20.4. The quantitative estimate of drug-likeness (QED) is 0.696. The van der Waals surface area contributed by atoms with Gasteiger partial charge in [-0.3, -0.25) is 9.59 Å². The maximum Gasteiger partial charge on any atom is 0.414 e. The predicted octanol–water partition coefficient (Wildman–Crippen LogP) is 1.70. The minimum Gasteiger partial charge on any atom is -0.465 e.